The number of aliphatic imine (C=N–C) groups is 1. The van der Waals surface area contributed by atoms with Gasteiger partial charge in [-0.3, -0.25) is 4.99 Å². The van der Waals surface area contributed by atoms with E-state index in [-0.39, 0.29) is 5.92 Å². The highest BCUT2D eigenvalue weighted by molar-refractivity contribution is 7.10. The van der Waals surface area contributed by atoms with Crippen LogP contribution in [0.4, 0.5) is 5.00 Å². The number of hydrogen-bond acceptors (Lipinski definition) is 4. The summed E-state index contributed by atoms with van der Waals surface area (Å²) in [4.78, 5) is 6.24. The molecule has 0 aromatic carbocycles. The third-order valence-electron chi connectivity index (χ3n) is 2.33. The first-order chi connectivity index (χ1) is 8.51. The van der Waals surface area contributed by atoms with E-state index in [4.69, 9.17) is 0 Å². The number of aromatic nitrogens is 1. The second kappa shape index (κ2) is 6.36. The minimum atomic E-state index is 0.248. The normalized spacial score (nSPS) is 11.5. The number of anilines is 1. The van der Waals surface area contributed by atoms with Crippen LogP contribution in [-0.4, -0.2) is 35.9 Å². The van der Waals surface area contributed by atoms with Gasteiger partial charge >= 0.3 is 0 Å². The SMILES string of the molecule is CCN=C(Nc1snc(C(C)C)c1C#N)N(C)C. The van der Waals surface area contributed by atoms with Crippen LogP contribution >= 0.6 is 11.5 Å². The third kappa shape index (κ3) is 3.20. The molecule has 0 radical (unpaired) electrons. The standard InChI is InChI=1S/C12H19N5S/c1-6-14-12(17(4)5)15-11-9(7-13)10(8(2)3)16-18-11/h8H,6H2,1-5H3,(H,14,15). The van der Waals surface area contributed by atoms with Crippen molar-refractivity contribution < 1.29 is 0 Å². The first-order valence-electron chi connectivity index (χ1n) is 5.89. The van der Waals surface area contributed by atoms with Crippen LogP contribution in [0.1, 0.15) is 37.9 Å². The van der Waals surface area contributed by atoms with E-state index in [1.54, 1.807) is 0 Å². The lowest BCUT2D eigenvalue weighted by Crippen LogP contribution is -2.29. The van der Waals surface area contributed by atoms with Crippen molar-refractivity contribution in [1.29, 1.82) is 5.26 Å². The van der Waals surface area contributed by atoms with Crippen LogP contribution < -0.4 is 5.32 Å². The molecule has 0 saturated carbocycles. The van der Waals surface area contributed by atoms with Gasteiger partial charge in [-0.25, -0.2) is 0 Å². The Kier molecular flexibility index (Phi) is 5.10. The van der Waals surface area contributed by atoms with E-state index in [2.05, 4.69) is 20.8 Å². The van der Waals surface area contributed by atoms with Crippen molar-refractivity contribution in [2.75, 3.05) is 26.0 Å². The Hall–Kier alpha value is -1.61. The van der Waals surface area contributed by atoms with Crippen molar-refractivity contribution >= 4 is 22.5 Å². The third-order valence-corrected chi connectivity index (χ3v) is 3.11. The maximum absolute atomic E-state index is 9.24. The summed E-state index contributed by atoms with van der Waals surface area (Å²) in [6.07, 6.45) is 0. The van der Waals surface area contributed by atoms with Crippen molar-refractivity contribution in [1.82, 2.24) is 9.27 Å². The van der Waals surface area contributed by atoms with Gasteiger partial charge in [-0.05, 0) is 24.4 Å². The lowest BCUT2D eigenvalue weighted by molar-refractivity contribution is 0.617. The monoisotopic (exact) mass is 265 g/mol. The van der Waals surface area contributed by atoms with Gasteiger partial charge in [-0.2, -0.15) is 9.64 Å². The summed E-state index contributed by atoms with van der Waals surface area (Å²) in [6, 6.07) is 2.22. The molecule has 1 N–H and O–H groups in total. The fourth-order valence-corrected chi connectivity index (χ4v) is 2.30. The zero-order chi connectivity index (χ0) is 13.7. The Morgan fingerprint density at radius 1 is 1.56 bits per heavy atom. The maximum Gasteiger partial charge on any atom is 0.198 e. The predicted molar refractivity (Wildman–Crippen MR) is 76.2 cm³/mol. The molecule has 0 unspecified atom stereocenters. The van der Waals surface area contributed by atoms with E-state index in [1.807, 2.05) is 39.8 Å². The van der Waals surface area contributed by atoms with Crippen molar-refractivity contribution in [2.24, 2.45) is 4.99 Å². The fraction of sp³-hybridized carbons (Fsp3) is 0.583. The average Bonchev–Trinajstić information content (AvgIpc) is 2.71. The van der Waals surface area contributed by atoms with Crippen molar-refractivity contribution in [3.8, 4) is 6.07 Å². The van der Waals surface area contributed by atoms with Gasteiger partial charge in [0, 0.05) is 20.6 Å². The largest absolute Gasteiger partial charge is 0.349 e. The van der Waals surface area contributed by atoms with Crippen LogP contribution in [0.3, 0.4) is 0 Å². The highest BCUT2D eigenvalue weighted by atomic mass is 32.1. The second-order valence-corrected chi connectivity index (χ2v) is 5.13. The van der Waals surface area contributed by atoms with Gasteiger partial charge in [0.05, 0.1) is 5.69 Å². The number of nitrogens with zero attached hydrogens (tertiary/aromatic N) is 4. The summed E-state index contributed by atoms with van der Waals surface area (Å²) in [7, 11) is 3.83. The maximum atomic E-state index is 9.24. The molecule has 98 valence electrons. The van der Waals surface area contributed by atoms with E-state index in [1.165, 1.54) is 11.5 Å². The van der Waals surface area contributed by atoms with Crippen LogP contribution in [0.2, 0.25) is 0 Å². The Bertz CT molecular complexity index is 467. The zero-order valence-corrected chi connectivity index (χ0v) is 12.3. The van der Waals surface area contributed by atoms with E-state index in [0.29, 0.717) is 12.1 Å². The van der Waals surface area contributed by atoms with Gasteiger partial charge in [-0.1, -0.05) is 13.8 Å². The lowest BCUT2D eigenvalue weighted by atomic mass is 10.1. The van der Waals surface area contributed by atoms with E-state index in [0.717, 1.165) is 16.7 Å². The van der Waals surface area contributed by atoms with Gasteiger partial charge < -0.3 is 10.2 Å². The first kappa shape index (κ1) is 14.5. The molecule has 0 spiro atoms. The van der Waals surface area contributed by atoms with Gasteiger partial charge in [0.25, 0.3) is 0 Å². The summed E-state index contributed by atoms with van der Waals surface area (Å²) in [5.41, 5.74) is 1.47. The molecular formula is C12H19N5S. The molecular weight excluding hydrogens is 246 g/mol. The number of hydrogen-bond donors (Lipinski definition) is 1. The molecule has 6 heteroatoms. The molecule has 0 amide bonds. The average molecular weight is 265 g/mol. The molecule has 0 saturated heterocycles. The molecule has 5 nitrogen and oxygen atoms in total. The van der Waals surface area contributed by atoms with E-state index >= 15 is 0 Å². The molecule has 1 heterocycles. The molecule has 0 aliphatic heterocycles. The summed E-state index contributed by atoms with van der Waals surface area (Å²) in [5, 5.41) is 13.2. The lowest BCUT2D eigenvalue weighted by Gasteiger charge is -2.16. The quantitative estimate of drug-likeness (QED) is 0.673. The van der Waals surface area contributed by atoms with Gasteiger partial charge in [0.15, 0.2) is 5.96 Å². The second-order valence-electron chi connectivity index (χ2n) is 4.36. The smallest absolute Gasteiger partial charge is 0.198 e. The van der Waals surface area contributed by atoms with Crippen molar-refractivity contribution in [3.05, 3.63) is 11.3 Å². The topological polar surface area (TPSA) is 64.3 Å². The summed E-state index contributed by atoms with van der Waals surface area (Å²) < 4.78 is 4.34. The van der Waals surface area contributed by atoms with Crippen LogP contribution in [0.25, 0.3) is 0 Å². The predicted octanol–water partition coefficient (Wildman–Crippen LogP) is 2.49. The molecule has 0 atom stereocenters. The Labute approximate surface area is 112 Å². The molecule has 1 rings (SSSR count). The molecule has 0 aliphatic rings. The first-order valence-corrected chi connectivity index (χ1v) is 6.67. The van der Waals surface area contributed by atoms with Crippen molar-refractivity contribution in [2.45, 2.75) is 26.7 Å². The number of nitriles is 1. The number of rotatable bonds is 3. The van der Waals surface area contributed by atoms with Crippen LogP contribution in [-0.2, 0) is 0 Å². The molecule has 0 bridgehead atoms. The molecule has 1 aromatic rings. The number of guanidine groups is 1. The fourth-order valence-electron chi connectivity index (χ4n) is 1.43. The highest BCUT2D eigenvalue weighted by Crippen LogP contribution is 2.29. The summed E-state index contributed by atoms with van der Waals surface area (Å²) in [5.74, 6) is 0.991. The molecule has 1 aromatic heterocycles. The highest BCUT2D eigenvalue weighted by Gasteiger charge is 2.17. The summed E-state index contributed by atoms with van der Waals surface area (Å²) in [6.45, 7) is 6.74. The van der Waals surface area contributed by atoms with Crippen LogP contribution in [0.15, 0.2) is 4.99 Å². The zero-order valence-electron chi connectivity index (χ0n) is 11.5. The van der Waals surface area contributed by atoms with Gasteiger partial charge in [0.1, 0.15) is 16.6 Å². The van der Waals surface area contributed by atoms with E-state index in [9.17, 15) is 5.26 Å². The Morgan fingerprint density at radius 2 is 2.22 bits per heavy atom. The van der Waals surface area contributed by atoms with Crippen molar-refractivity contribution in [3.63, 3.8) is 0 Å². The Balaban J connectivity index is 3.05. The summed E-state index contributed by atoms with van der Waals surface area (Å²) >= 11 is 1.31. The molecule has 0 fully saturated rings. The van der Waals surface area contributed by atoms with E-state index < -0.39 is 0 Å². The molecule has 0 aliphatic carbocycles. The minimum absolute atomic E-state index is 0.248. The van der Waals surface area contributed by atoms with Gasteiger partial charge in [-0.15, -0.1) is 0 Å². The van der Waals surface area contributed by atoms with Crippen LogP contribution in [0.5, 0.6) is 0 Å². The molecule has 18 heavy (non-hydrogen) atoms. The minimum Gasteiger partial charge on any atom is -0.349 e. The number of nitrogens with one attached hydrogen (secondary N) is 1. The Morgan fingerprint density at radius 3 is 2.67 bits per heavy atom. The van der Waals surface area contributed by atoms with Gasteiger partial charge in [0.2, 0.25) is 0 Å². The van der Waals surface area contributed by atoms with Crippen LogP contribution in [0, 0.1) is 11.3 Å².